The third-order valence-corrected chi connectivity index (χ3v) is 3.85. The maximum Gasteiger partial charge on any atom is 0.338 e. The molecule has 132 valence electrons. The van der Waals surface area contributed by atoms with Crippen LogP contribution in [-0.2, 0) is 14.3 Å². The van der Waals surface area contributed by atoms with Gasteiger partial charge in [0.25, 0.3) is 0 Å². The van der Waals surface area contributed by atoms with Crippen LogP contribution in [0.4, 0.5) is 0 Å². The molecule has 0 saturated carbocycles. The summed E-state index contributed by atoms with van der Waals surface area (Å²) in [5.41, 5.74) is 6.76. The summed E-state index contributed by atoms with van der Waals surface area (Å²) in [6, 6.07) is 7.16. The number of nitrogens with two attached hydrogens (primary N) is 1. The minimum atomic E-state index is -0.775. The maximum absolute atomic E-state index is 12.5. The lowest BCUT2D eigenvalue weighted by molar-refractivity contribution is -0.139. The number of allylic oxidation sites excluding steroid dienone is 2. The molecule has 2 rings (SSSR count). The van der Waals surface area contributed by atoms with Crippen LogP contribution >= 0.6 is 0 Å². The van der Waals surface area contributed by atoms with Crippen molar-refractivity contribution >= 4 is 5.97 Å². The number of carbonyl (C=O) groups excluding carboxylic acids is 1. The van der Waals surface area contributed by atoms with Gasteiger partial charge in [0.2, 0.25) is 5.88 Å². The number of hydrogen-bond acceptors (Lipinski definition) is 7. The van der Waals surface area contributed by atoms with E-state index in [1.54, 1.807) is 32.0 Å². The Labute approximate surface area is 146 Å². The summed E-state index contributed by atoms with van der Waals surface area (Å²) in [6.45, 7) is 3.50. The van der Waals surface area contributed by atoms with E-state index in [0.29, 0.717) is 17.1 Å². The Morgan fingerprint density at radius 3 is 2.64 bits per heavy atom. The molecule has 0 unspecified atom stereocenters. The van der Waals surface area contributed by atoms with Crippen LogP contribution in [-0.4, -0.2) is 26.8 Å². The van der Waals surface area contributed by atoms with Crippen LogP contribution in [0.3, 0.4) is 0 Å². The smallest absolute Gasteiger partial charge is 0.338 e. The molecule has 0 amide bonds. The summed E-state index contributed by atoms with van der Waals surface area (Å²) in [5, 5.41) is 9.58. The zero-order chi connectivity index (χ0) is 18.6. The molecule has 0 aromatic heterocycles. The van der Waals surface area contributed by atoms with Gasteiger partial charge >= 0.3 is 5.97 Å². The fourth-order valence-electron chi connectivity index (χ4n) is 2.73. The van der Waals surface area contributed by atoms with Gasteiger partial charge < -0.3 is 24.7 Å². The van der Waals surface area contributed by atoms with Crippen LogP contribution in [0.15, 0.2) is 41.0 Å². The highest BCUT2D eigenvalue weighted by atomic mass is 16.5. The van der Waals surface area contributed by atoms with E-state index in [-0.39, 0.29) is 29.4 Å². The average molecular weight is 344 g/mol. The van der Waals surface area contributed by atoms with Gasteiger partial charge in [-0.05, 0) is 32.0 Å². The molecular weight excluding hydrogens is 324 g/mol. The van der Waals surface area contributed by atoms with E-state index in [2.05, 4.69) is 0 Å². The number of nitriles is 1. The van der Waals surface area contributed by atoms with Crippen molar-refractivity contribution in [2.45, 2.75) is 19.8 Å². The molecule has 0 aliphatic carbocycles. The highest BCUT2D eigenvalue weighted by Crippen LogP contribution is 2.44. The zero-order valence-corrected chi connectivity index (χ0v) is 14.6. The SMILES string of the molecule is CCOC(=O)C1=C(C)OC(N)=C(C#N)[C@H]1c1cc(OC)ccc1OC. The Bertz CT molecular complexity index is 789. The van der Waals surface area contributed by atoms with Crippen LogP contribution in [0, 0.1) is 11.3 Å². The Morgan fingerprint density at radius 1 is 1.36 bits per heavy atom. The molecule has 25 heavy (non-hydrogen) atoms. The lowest BCUT2D eigenvalue weighted by Crippen LogP contribution is -2.25. The van der Waals surface area contributed by atoms with Gasteiger partial charge in [0.15, 0.2) is 0 Å². The van der Waals surface area contributed by atoms with Crippen molar-refractivity contribution in [2.75, 3.05) is 20.8 Å². The second kappa shape index (κ2) is 7.62. The molecular formula is C18H20N2O5. The number of hydrogen-bond donors (Lipinski definition) is 1. The molecule has 7 nitrogen and oxygen atoms in total. The highest BCUT2D eigenvalue weighted by molar-refractivity contribution is 5.92. The summed E-state index contributed by atoms with van der Waals surface area (Å²) in [5.74, 6) is -0.0763. The van der Waals surface area contributed by atoms with Crippen molar-refractivity contribution < 1.29 is 23.7 Å². The number of methoxy groups -OCH3 is 2. The van der Waals surface area contributed by atoms with Gasteiger partial charge in [0.05, 0.1) is 32.3 Å². The topological polar surface area (TPSA) is 104 Å². The first-order chi connectivity index (χ1) is 12.0. The average Bonchev–Trinajstić information content (AvgIpc) is 2.60. The standard InChI is InChI=1S/C18H20N2O5/c1-5-24-18(21)15-10(2)25-17(20)13(9-19)16(15)12-8-11(22-3)6-7-14(12)23-4/h6-8,16H,5,20H2,1-4H3/t16-/m1/s1. The van der Waals surface area contributed by atoms with Crippen molar-refractivity contribution in [3.05, 3.63) is 46.6 Å². The van der Waals surface area contributed by atoms with Gasteiger partial charge in [0, 0.05) is 5.56 Å². The fraction of sp³-hybridized carbons (Fsp3) is 0.333. The van der Waals surface area contributed by atoms with Crippen LogP contribution in [0.25, 0.3) is 0 Å². The highest BCUT2D eigenvalue weighted by Gasteiger charge is 2.38. The van der Waals surface area contributed by atoms with E-state index < -0.39 is 11.9 Å². The first kappa shape index (κ1) is 18.2. The number of nitrogens with zero attached hydrogens (tertiary/aromatic N) is 1. The predicted molar refractivity (Wildman–Crippen MR) is 89.5 cm³/mol. The summed E-state index contributed by atoms with van der Waals surface area (Å²) in [7, 11) is 3.03. The molecule has 1 heterocycles. The van der Waals surface area contributed by atoms with Gasteiger partial charge in [-0.1, -0.05) is 0 Å². The van der Waals surface area contributed by atoms with Gasteiger partial charge in [0.1, 0.15) is 28.9 Å². The van der Waals surface area contributed by atoms with E-state index in [0.717, 1.165) is 0 Å². The third-order valence-electron chi connectivity index (χ3n) is 3.85. The fourth-order valence-corrected chi connectivity index (χ4v) is 2.73. The Morgan fingerprint density at radius 2 is 2.08 bits per heavy atom. The molecule has 0 saturated heterocycles. The first-order valence-electron chi connectivity index (χ1n) is 7.65. The Hall–Kier alpha value is -3.14. The lowest BCUT2D eigenvalue weighted by atomic mass is 9.82. The molecule has 1 atom stereocenters. The lowest BCUT2D eigenvalue weighted by Gasteiger charge is -2.28. The van der Waals surface area contributed by atoms with Crippen molar-refractivity contribution in [3.63, 3.8) is 0 Å². The summed E-state index contributed by atoms with van der Waals surface area (Å²) in [4.78, 5) is 12.5. The van der Waals surface area contributed by atoms with Crippen molar-refractivity contribution in [1.29, 1.82) is 5.26 Å². The molecule has 0 bridgehead atoms. The summed E-state index contributed by atoms with van der Waals surface area (Å²) in [6.07, 6.45) is 0. The molecule has 2 N–H and O–H groups in total. The Balaban J connectivity index is 2.73. The molecule has 1 aliphatic rings. The van der Waals surface area contributed by atoms with Gasteiger partial charge in [-0.25, -0.2) is 4.79 Å². The van der Waals surface area contributed by atoms with Crippen molar-refractivity contribution in [1.82, 2.24) is 0 Å². The zero-order valence-electron chi connectivity index (χ0n) is 14.6. The van der Waals surface area contributed by atoms with Gasteiger partial charge in [-0.15, -0.1) is 0 Å². The molecule has 0 spiro atoms. The maximum atomic E-state index is 12.5. The van der Waals surface area contributed by atoms with Crippen LogP contribution in [0.5, 0.6) is 11.5 Å². The quantitative estimate of drug-likeness (QED) is 0.818. The minimum absolute atomic E-state index is 0.0529. The van der Waals surface area contributed by atoms with Crippen molar-refractivity contribution in [3.8, 4) is 17.6 Å². The number of ether oxygens (including phenoxy) is 4. The molecule has 1 aromatic carbocycles. The molecule has 1 aliphatic heterocycles. The van der Waals surface area contributed by atoms with Crippen molar-refractivity contribution in [2.24, 2.45) is 5.73 Å². The van der Waals surface area contributed by atoms with E-state index in [1.165, 1.54) is 14.2 Å². The summed E-state index contributed by atoms with van der Waals surface area (Å²) < 4.78 is 21.2. The van der Waals surface area contributed by atoms with Crippen LogP contribution in [0.2, 0.25) is 0 Å². The monoisotopic (exact) mass is 344 g/mol. The number of rotatable bonds is 5. The predicted octanol–water partition coefficient (Wildman–Crippen LogP) is 2.35. The van der Waals surface area contributed by atoms with E-state index in [9.17, 15) is 10.1 Å². The van der Waals surface area contributed by atoms with Gasteiger partial charge in [-0.2, -0.15) is 5.26 Å². The largest absolute Gasteiger partial charge is 0.497 e. The normalized spacial score (nSPS) is 16.8. The van der Waals surface area contributed by atoms with Crippen LogP contribution in [0.1, 0.15) is 25.3 Å². The minimum Gasteiger partial charge on any atom is -0.497 e. The molecule has 0 fully saturated rings. The second-order valence-electron chi connectivity index (χ2n) is 5.22. The second-order valence-corrected chi connectivity index (χ2v) is 5.22. The molecule has 1 aromatic rings. The first-order valence-corrected chi connectivity index (χ1v) is 7.65. The van der Waals surface area contributed by atoms with E-state index in [4.69, 9.17) is 24.7 Å². The third kappa shape index (κ3) is 3.38. The van der Waals surface area contributed by atoms with E-state index >= 15 is 0 Å². The number of esters is 1. The van der Waals surface area contributed by atoms with Crippen LogP contribution < -0.4 is 15.2 Å². The molecule has 7 heteroatoms. The van der Waals surface area contributed by atoms with Gasteiger partial charge in [-0.3, -0.25) is 0 Å². The summed E-state index contributed by atoms with van der Waals surface area (Å²) >= 11 is 0. The number of benzene rings is 1. The van der Waals surface area contributed by atoms with E-state index in [1.807, 2.05) is 6.07 Å². The Kier molecular flexibility index (Phi) is 5.55. The number of carbonyl (C=O) groups is 1. The molecule has 0 radical (unpaired) electrons.